The highest BCUT2D eigenvalue weighted by Gasteiger charge is 2.27. The number of rotatable bonds is 3. The van der Waals surface area contributed by atoms with Gasteiger partial charge in [0.1, 0.15) is 11.6 Å². The summed E-state index contributed by atoms with van der Waals surface area (Å²) in [6.45, 7) is 4.44. The molecule has 0 aromatic heterocycles. The van der Waals surface area contributed by atoms with E-state index in [0.717, 1.165) is 18.9 Å². The standard InChI is InChI=1S/C17H24FN3O2S/c1-10-5-4-6-15(11(10)2)19-17(24)21-20-16(22)13-8-7-12(23-3)9-14(13)18/h7-11,15H,4-6H2,1-3H3,(H,20,22)(H2,19,21,24)/t10-,11-,15-/m1/s1. The van der Waals surface area contributed by atoms with Gasteiger partial charge in [0, 0.05) is 12.1 Å². The van der Waals surface area contributed by atoms with E-state index in [2.05, 4.69) is 30.0 Å². The van der Waals surface area contributed by atoms with Gasteiger partial charge in [0.05, 0.1) is 12.7 Å². The number of methoxy groups -OCH3 is 1. The van der Waals surface area contributed by atoms with Gasteiger partial charge in [0.15, 0.2) is 5.11 Å². The van der Waals surface area contributed by atoms with Crippen LogP contribution in [0.3, 0.4) is 0 Å². The Hall–Kier alpha value is -1.89. The summed E-state index contributed by atoms with van der Waals surface area (Å²) in [5.41, 5.74) is 4.98. The lowest BCUT2D eigenvalue weighted by Gasteiger charge is -2.35. The number of halogens is 1. The molecule has 0 unspecified atom stereocenters. The van der Waals surface area contributed by atoms with Gasteiger partial charge in [-0.2, -0.15) is 0 Å². The first kappa shape index (κ1) is 18.4. The first-order valence-electron chi connectivity index (χ1n) is 8.12. The number of hydrazine groups is 1. The fraction of sp³-hybridized carbons (Fsp3) is 0.529. The van der Waals surface area contributed by atoms with E-state index in [0.29, 0.717) is 22.7 Å². The number of carbonyl (C=O) groups excluding carboxylic acids is 1. The van der Waals surface area contributed by atoms with Crippen molar-refractivity contribution in [2.24, 2.45) is 11.8 Å². The van der Waals surface area contributed by atoms with E-state index in [1.165, 1.54) is 25.7 Å². The molecule has 1 saturated carbocycles. The maximum atomic E-state index is 13.9. The Kier molecular flexibility index (Phi) is 6.36. The lowest BCUT2D eigenvalue weighted by atomic mass is 9.78. The molecule has 24 heavy (non-hydrogen) atoms. The summed E-state index contributed by atoms with van der Waals surface area (Å²) in [5.74, 6) is 0.261. The Bertz CT molecular complexity index is 611. The largest absolute Gasteiger partial charge is 0.497 e. The van der Waals surface area contributed by atoms with Crippen LogP contribution in [0.4, 0.5) is 4.39 Å². The van der Waals surface area contributed by atoms with Crippen LogP contribution in [0.1, 0.15) is 43.5 Å². The Balaban J connectivity index is 1.86. The van der Waals surface area contributed by atoms with Gasteiger partial charge in [-0.3, -0.25) is 15.6 Å². The molecule has 1 aromatic carbocycles. The summed E-state index contributed by atoms with van der Waals surface area (Å²) < 4.78 is 18.8. The maximum absolute atomic E-state index is 13.9. The number of hydrogen-bond donors (Lipinski definition) is 3. The molecule has 7 heteroatoms. The van der Waals surface area contributed by atoms with Crippen molar-refractivity contribution in [1.29, 1.82) is 0 Å². The highest BCUT2D eigenvalue weighted by atomic mass is 32.1. The predicted molar refractivity (Wildman–Crippen MR) is 95.3 cm³/mol. The third-order valence-electron chi connectivity index (χ3n) is 4.73. The Morgan fingerprint density at radius 3 is 2.71 bits per heavy atom. The molecule has 1 aliphatic rings. The third-order valence-corrected chi connectivity index (χ3v) is 4.95. The summed E-state index contributed by atoms with van der Waals surface area (Å²) in [6, 6.07) is 4.34. The molecule has 3 atom stereocenters. The van der Waals surface area contributed by atoms with E-state index in [-0.39, 0.29) is 11.6 Å². The van der Waals surface area contributed by atoms with E-state index in [1.807, 2.05) is 0 Å². The molecule has 0 aliphatic heterocycles. The molecule has 1 aliphatic carbocycles. The van der Waals surface area contributed by atoms with E-state index >= 15 is 0 Å². The van der Waals surface area contributed by atoms with Crippen LogP contribution in [-0.2, 0) is 0 Å². The quantitative estimate of drug-likeness (QED) is 0.576. The van der Waals surface area contributed by atoms with E-state index in [4.69, 9.17) is 17.0 Å². The summed E-state index contributed by atoms with van der Waals surface area (Å²) in [5, 5.41) is 3.57. The van der Waals surface area contributed by atoms with Crippen molar-refractivity contribution in [2.75, 3.05) is 7.11 Å². The molecule has 0 bridgehead atoms. The van der Waals surface area contributed by atoms with Crippen molar-refractivity contribution in [3.05, 3.63) is 29.6 Å². The van der Waals surface area contributed by atoms with E-state index in [9.17, 15) is 9.18 Å². The Morgan fingerprint density at radius 2 is 2.04 bits per heavy atom. The minimum absolute atomic E-state index is 0.0780. The fourth-order valence-corrected chi connectivity index (χ4v) is 3.18. The molecular formula is C17H24FN3O2S. The normalized spacial score (nSPS) is 23.2. The molecule has 3 N–H and O–H groups in total. The highest BCUT2D eigenvalue weighted by Crippen LogP contribution is 2.29. The molecule has 0 spiro atoms. The average molecular weight is 353 g/mol. The van der Waals surface area contributed by atoms with Crippen LogP contribution in [0.25, 0.3) is 0 Å². The molecule has 132 valence electrons. The summed E-state index contributed by atoms with van der Waals surface area (Å²) in [6.07, 6.45) is 3.44. The number of carbonyl (C=O) groups is 1. The van der Waals surface area contributed by atoms with Crippen molar-refractivity contribution < 1.29 is 13.9 Å². The number of hydrogen-bond acceptors (Lipinski definition) is 3. The summed E-state index contributed by atoms with van der Waals surface area (Å²) in [4.78, 5) is 12.0. The fourth-order valence-electron chi connectivity index (χ4n) is 2.98. The minimum atomic E-state index is -0.651. The van der Waals surface area contributed by atoms with E-state index < -0.39 is 11.7 Å². The van der Waals surface area contributed by atoms with Crippen molar-refractivity contribution in [3.8, 4) is 5.75 Å². The zero-order chi connectivity index (χ0) is 17.7. The number of thiocarbonyl (C=S) groups is 1. The SMILES string of the molecule is COc1ccc(C(=O)NNC(=S)N[C@@H]2CCC[C@@H](C)[C@H]2C)c(F)c1. The molecule has 0 heterocycles. The lowest BCUT2D eigenvalue weighted by molar-refractivity contribution is 0.0939. The Labute approximate surface area is 147 Å². The molecule has 5 nitrogen and oxygen atoms in total. The van der Waals surface area contributed by atoms with Gasteiger partial charge >= 0.3 is 0 Å². The van der Waals surface area contributed by atoms with Gasteiger partial charge < -0.3 is 10.1 Å². The molecule has 1 aromatic rings. The van der Waals surface area contributed by atoms with Gasteiger partial charge in [-0.25, -0.2) is 4.39 Å². The van der Waals surface area contributed by atoms with E-state index in [1.54, 1.807) is 0 Å². The first-order valence-corrected chi connectivity index (χ1v) is 8.53. The monoisotopic (exact) mass is 353 g/mol. The molecular weight excluding hydrogens is 329 g/mol. The van der Waals surface area contributed by atoms with Gasteiger partial charge in [-0.1, -0.05) is 26.7 Å². The highest BCUT2D eigenvalue weighted by molar-refractivity contribution is 7.80. The van der Waals surface area contributed by atoms with Crippen LogP contribution in [-0.4, -0.2) is 24.2 Å². The number of benzene rings is 1. The molecule has 1 amide bonds. The first-order chi connectivity index (χ1) is 11.4. The predicted octanol–water partition coefficient (Wildman–Crippen LogP) is 2.77. The molecule has 0 saturated heterocycles. The van der Waals surface area contributed by atoms with Crippen molar-refractivity contribution in [1.82, 2.24) is 16.2 Å². The van der Waals surface area contributed by atoms with Gasteiger partial charge in [-0.15, -0.1) is 0 Å². The molecule has 1 fully saturated rings. The van der Waals surface area contributed by atoms with Crippen LogP contribution >= 0.6 is 12.2 Å². The molecule has 2 rings (SSSR count). The number of ether oxygens (including phenoxy) is 1. The maximum Gasteiger partial charge on any atom is 0.272 e. The lowest BCUT2D eigenvalue weighted by Crippen LogP contribution is -2.52. The second kappa shape index (κ2) is 8.28. The average Bonchev–Trinajstić information content (AvgIpc) is 2.56. The Morgan fingerprint density at radius 1 is 1.29 bits per heavy atom. The molecule has 0 radical (unpaired) electrons. The van der Waals surface area contributed by atoms with Crippen LogP contribution in [0.15, 0.2) is 18.2 Å². The van der Waals surface area contributed by atoms with Crippen LogP contribution in [0.5, 0.6) is 5.75 Å². The van der Waals surface area contributed by atoms with Crippen molar-refractivity contribution in [3.63, 3.8) is 0 Å². The van der Waals surface area contributed by atoms with Gasteiger partial charge in [0.25, 0.3) is 5.91 Å². The summed E-state index contributed by atoms with van der Waals surface area (Å²) >= 11 is 5.22. The zero-order valence-corrected chi connectivity index (χ0v) is 15.0. The topological polar surface area (TPSA) is 62.4 Å². The van der Waals surface area contributed by atoms with Gasteiger partial charge in [0.2, 0.25) is 0 Å². The minimum Gasteiger partial charge on any atom is -0.497 e. The number of amides is 1. The van der Waals surface area contributed by atoms with Crippen LogP contribution in [0, 0.1) is 17.7 Å². The van der Waals surface area contributed by atoms with Crippen LogP contribution < -0.4 is 20.9 Å². The zero-order valence-electron chi connectivity index (χ0n) is 14.2. The van der Waals surface area contributed by atoms with Crippen molar-refractivity contribution in [2.45, 2.75) is 39.2 Å². The third kappa shape index (κ3) is 4.56. The second-order valence-electron chi connectivity index (χ2n) is 6.27. The van der Waals surface area contributed by atoms with Crippen LogP contribution in [0.2, 0.25) is 0 Å². The summed E-state index contributed by atoms with van der Waals surface area (Å²) in [7, 11) is 1.44. The smallest absolute Gasteiger partial charge is 0.272 e. The second-order valence-corrected chi connectivity index (χ2v) is 6.68. The van der Waals surface area contributed by atoms with Crippen molar-refractivity contribution >= 4 is 23.2 Å². The van der Waals surface area contributed by atoms with Gasteiger partial charge in [-0.05, 0) is 42.6 Å². The number of nitrogens with one attached hydrogen (secondary N) is 3.